The molecule has 2 rings (SSSR count). The highest BCUT2D eigenvalue weighted by molar-refractivity contribution is 5.92. The zero-order valence-electron chi connectivity index (χ0n) is 12.9. The van der Waals surface area contributed by atoms with Crippen LogP contribution in [0.4, 0.5) is 0 Å². The number of rotatable bonds is 6. The third-order valence-corrected chi connectivity index (χ3v) is 3.34. The van der Waals surface area contributed by atoms with E-state index in [0.717, 1.165) is 18.8 Å². The number of hydrogen-bond donors (Lipinski definition) is 1. The molecule has 114 valence electrons. The van der Waals surface area contributed by atoms with Crippen LogP contribution in [0, 0.1) is 0 Å². The van der Waals surface area contributed by atoms with E-state index in [2.05, 4.69) is 20.5 Å². The number of amides is 1. The summed E-state index contributed by atoms with van der Waals surface area (Å²) in [6.07, 6.45) is 4.07. The number of hydrogen-bond acceptors (Lipinski definition) is 4. The highest BCUT2D eigenvalue weighted by Crippen LogP contribution is 2.14. The van der Waals surface area contributed by atoms with Gasteiger partial charge in [-0.15, -0.1) is 0 Å². The van der Waals surface area contributed by atoms with Gasteiger partial charge in [-0.05, 0) is 33.3 Å². The monoisotopic (exact) mass is 290 g/mol. The van der Waals surface area contributed by atoms with E-state index >= 15 is 0 Å². The number of nitrogens with one attached hydrogen (secondary N) is 1. The van der Waals surface area contributed by atoms with Gasteiger partial charge in [0.05, 0.1) is 6.04 Å². The summed E-state index contributed by atoms with van der Waals surface area (Å²) in [6.45, 7) is 8.77. The molecule has 1 N–H and O–H groups in total. The number of carbonyl (C=O) groups excluding carboxylic acids is 1. The molecule has 0 spiro atoms. The zero-order valence-corrected chi connectivity index (χ0v) is 12.9. The Morgan fingerprint density at radius 2 is 2.14 bits per heavy atom. The van der Waals surface area contributed by atoms with Gasteiger partial charge in [0.25, 0.3) is 5.91 Å². The van der Waals surface area contributed by atoms with Gasteiger partial charge in [0.1, 0.15) is 17.8 Å². The van der Waals surface area contributed by atoms with Gasteiger partial charge in [0.15, 0.2) is 0 Å². The molecule has 2 aromatic heterocycles. The van der Waals surface area contributed by atoms with Gasteiger partial charge < -0.3 is 5.32 Å². The van der Waals surface area contributed by atoms with Crippen LogP contribution in [0.25, 0.3) is 0 Å². The molecule has 0 bridgehead atoms. The van der Waals surface area contributed by atoms with E-state index in [9.17, 15) is 4.79 Å². The largest absolute Gasteiger partial charge is 0.341 e. The average Bonchev–Trinajstić information content (AvgIpc) is 3.12. The van der Waals surface area contributed by atoms with Crippen LogP contribution in [0.2, 0.25) is 0 Å². The second kappa shape index (κ2) is 6.51. The first-order valence-corrected chi connectivity index (χ1v) is 7.30. The fourth-order valence-corrected chi connectivity index (χ4v) is 2.11. The van der Waals surface area contributed by atoms with Crippen molar-refractivity contribution >= 4 is 5.91 Å². The van der Waals surface area contributed by atoms with Gasteiger partial charge >= 0.3 is 0 Å². The van der Waals surface area contributed by atoms with E-state index in [0.29, 0.717) is 5.69 Å². The van der Waals surface area contributed by atoms with Crippen molar-refractivity contribution in [2.24, 2.45) is 0 Å². The minimum absolute atomic E-state index is 0.163. The number of aryl methyl sites for hydroxylation is 1. The molecule has 0 aromatic carbocycles. The predicted octanol–water partition coefficient (Wildman–Crippen LogP) is 1.96. The summed E-state index contributed by atoms with van der Waals surface area (Å²) < 4.78 is 3.56. The van der Waals surface area contributed by atoms with Gasteiger partial charge in [-0.2, -0.15) is 10.2 Å². The van der Waals surface area contributed by atoms with Crippen molar-refractivity contribution in [2.75, 3.05) is 0 Å². The maximum absolute atomic E-state index is 12.3. The first-order chi connectivity index (χ1) is 10.1. The molecule has 7 nitrogen and oxygen atoms in total. The van der Waals surface area contributed by atoms with E-state index in [-0.39, 0.29) is 18.0 Å². The standard InChI is InChI=1S/C14H22N6O/c1-5-11(13-15-9-16-19(13)6-2)17-14(21)12-7-8-20(18-12)10(3)4/h7-11H,5-6H2,1-4H3,(H,17,21)/t11-/m0/s1. The second-order valence-electron chi connectivity index (χ2n) is 5.14. The van der Waals surface area contributed by atoms with Crippen molar-refractivity contribution in [1.29, 1.82) is 0 Å². The van der Waals surface area contributed by atoms with Crippen LogP contribution < -0.4 is 5.32 Å². The van der Waals surface area contributed by atoms with Crippen LogP contribution in [0.5, 0.6) is 0 Å². The Morgan fingerprint density at radius 1 is 1.38 bits per heavy atom. The van der Waals surface area contributed by atoms with E-state index in [1.165, 1.54) is 6.33 Å². The van der Waals surface area contributed by atoms with Crippen LogP contribution in [-0.4, -0.2) is 30.5 Å². The SMILES string of the molecule is CC[C@H](NC(=O)c1ccn(C(C)C)n1)c1ncnn1CC. The molecular weight excluding hydrogens is 268 g/mol. The molecule has 1 amide bonds. The maximum Gasteiger partial charge on any atom is 0.272 e. The summed E-state index contributed by atoms with van der Waals surface area (Å²) >= 11 is 0. The lowest BCUT2D eigenvalue weighted by Crippen LogP contribution is -2.30. The van der Waals surface area contributed by atoms with E-state index < -0.39 is 0 Å². The van der Waals surface area contributed by atoms with E-state index in [1.807, 2.05) is 33.9 Å². The Balaban J connectivity index is 2.12. The van der Waals surface area contributed by atoms with Crippen LogP contribution in [-0.2, 0) is 6.54 Å². The van der Waals surface area contributed by atoms with Gasteiger partial charge in [0, 0.05) is 18.8 Å². The van der Waals surface area contributed by atoms with Crippen LogP contribution in [0.15, 0.2) is 18.6 Å². The minimum Gasteiger partial charge on any atom is -0.341 e. The zero-order chi connectivity index (χ0) is 15.4. The first-order valence-electron chi connectivity index (χ1n) is 7.30. The van der Waals surface area contributed by atoms with E-state index in [4.69, 9.17) is 0 Å². The van der Waals surface area contributed by atoms with Crippen molar-refractivity contribution in [2.45, 2.75) is 52.7 Å². The molecule has 7 heteroatoms. The highest BCUT2D eigenvalue weighted by atomic mass is 16.2. The summed E-state index contributed by atoms with van der Waals surface area (Å²) in [5.41, 5.74) is 0.421. The Bertz CT molecular complexity index is 600. The molecule has 0 aliphatic heterocycles. The average molecular weight is 290 g/mol. The molecule has 0 saturated carbocycles. The third-order valence-electron chi connectivity index (χ3n) is 3.34. The van der Waals surface area contributed by atoms with Crippen LogP contribution in [0.3, 0.4) is 0 Å². The second-order valence-corrected chi connectivity index (χ2v) is 5.14. The third kappa shape index (κ3) is 3.29. The number of aromatic nitrogens is 5. The highest BCUT2D eigenvalue weighted by Gasteiger charge is 2.20. The van der Waals surface area contributed by atoms with Gasteiger partial charge in [-0.25, -0.2) is 9.67 Å². The molecule has 2 heterocycles. The molecular formula is C14H22N6O. The van der Waals surface area contributed by atoms with Gasteiger partial charge in [-0.3, -0.25) is 9.48 Å². The van der Waals surface area contributed by atoms with Crippen molar-refractivity contribution in [3.63, 3.8) is 0 Å². The lowest BCUT2D eigenvalue weighted by Gasteiger charge is -2.16. The molecule has 0 fully saturated rings. The summed E-state index contributed by atoms with van der Waals surface area (Å²) in [5.74, 6) is 0.587. The number of carbonyl (C=O) groups is 1. The van der Waals surface area contributed by atoms with Crippen LogP contribution in [0.1, 0.15) is 62.5 Å². The molecule has 1 atom stereocenters. The molecule has 0 radical (unpaired) electrons. The van der Waals surface area contributed by atoms with Crippen molar-refractivity contribution < 1.29 is 4.79 Å². The normalized spacial score (nSPS) is 12.6. The number of nitrogens with zero attached hydrogens (tertiary/aromatic N) is 5. The predicted molar refractivity (Wildman–Crippen MR) is 78.8 cm³/mol. The summed E-state index contributed by atoms with van der Waals surface area (Å²) in [5, 5.41) is 11.4. The molecule has 0 aliphatic carbocycles. The molecule has 2 aromatic rings. The summed E-state index contributed by atoms with van der Waals surface area (Å²) in [6, 6.07) is 1.80. The van der Waals surface area contributed by atoms with E-state index in [1.54, 1.807) is 15.4 Å². The minimum atomic E-state index is -0.188. The van der Waals surface area contributed by atoms with Gasteiger partial charge in [-0.1, -0.05) is 6.92 Å². The Labute approximate surface area is 124 Å². The fraction of sp³-hybridized carbons (Fsp3) is 0.571. The van der Waals surface area contributed by atoms with Crippen LogP contribution >= 0.6 is 0 Å². The molecule has 0 unspecified atom stereocenters. The quantitative estimate of drug-likeness (QED) is 0.882. The first kappa shape index (κ1) is 15.2. The summed E-state index contributed by atoms with van der Waals surface area (Å²) in [7, 11) is 0. The van der Waals surface area contributed by atoms with Gasteiger partial charge in [0.2, 0.25) is 0 Å². The maximum atomic E-state index is 12.3. The lowest BCUT2D eigenvalue weighted by molar-refractivity contribution is 0.0926. The molecule has 0 aliphatic rings. The molecule has 0 saturated heterocycles. The van der Waals surface area contributed by atoms with Crippen molar-refractivity contribution in [3.05, 3.63) is 30.1 Å². The van der Waals surface area contributed by atoms with Crippen molar-refractivity contribution in [3.8, 4) is 0 Å². The fourth-order valence-electron chi connectivity index (χ4n) is 2.11. The Morgan fingerprint density at radius 3 is 2.71 bits per heavy atom. The smallest absolute Gasteiger partial charge is 0.272 e. The lowest BCUT2D eigenvalue weighted by atomic mass is 10.2. The molecule has 21 heavy (non-hydrogen) atoms. The van der Waals surface area contributed by atoms with Crippen molar-refractivity contribution in [1.82, 2.24) is 29.9 Å². The topological polar surface area (TPSA) is 77.6 Å². The Hall–Kier alpha value is -2.18. The Kier molecular flexibility index (Phi) is 4.72. The summed E-state index contributed by atoms with van der Waals surface area (Å²) in [4.78, 5) is 16.6.